The number of carbonyl (C=O) groups excluding carboxylic acids is 1. The Kier molecular flexibility index (Phi) is 6.07. The number of aryl methyl sites for hydroxylation is 1. The Hall–Kier alpha value is -1.89. The summed E-state index contributed by atoms with van der Waals surface area (Å²) in [6.45, 7) is 2.76. The highest BCUT2D eigenvalue weighted by molar-refractivity contribution is 7.99. The van der Waals surface area contributed by atoms with Gasteiger partial charge in [-0.3, -0.25) is 4.79 Å². The van der Waals surface area contributed by atoms with E-state index in [9.17, 15) is 4.79 Å². The predicted molar refractivity (Wildman–Crippen MR) is 98.3 cm³/mol. The lowest BCUT2D eigenvalue weighted by molar-refractivity contribution is -0.127. The van der Waals surface area contributed by atoms with Gasteiger partial charge in [0.1, 0.15) is 0 Å². The average Bonchev–Trinajstić information content (AvgIpc) is 3.31. The van der Waals surface area contributed by atoms with E-state index < -0.39 is 0 Å². The van der Waals surface area contributed by atoms with Gasteiger partial charge in [0.2, 0.25) is 11.1 Å². The smallest absolute Gasteiger partial charge is 0.233 e. The summed E-state index contributed by atoms with van der Waals surface area (Å²) in [4.78, 5) is 14.2. The Morgan fingerprint density at radius 2 is 1.92 bits per heavy atom. The predicted octanol–water partition coefficient (Wildman–Crippen LogP) is 3.10. The van der Waals surface area contributed by atoms with Crippen LogP contribution < -0.4 is 0 Å². The molecule has 2 aromatic rings. The van der Waals surface area contributed by atoms with Crippen molar-refractivity contribution in [1.29, 1.82) is 0 Å². The lowest BCUT2D eigenvalue weighted by Crippen LogP contribution is -2.28. The van der Waals surface area contributed by atoms with Gasteiger partial charge in [0.05, 0.1) is 11.8 Å². The highest BCUT2D eigenvalue weighted by Crippen LogP contribution is 2.31. The first-order valence-electron chi connectivity index (χ1n) is 8.90. The van der Waals surface area contributed by atoms with Gasteiger partial charge in [-0.05, 0) is 40.8 Å². The summed E-state index contributed by atoms with van der Waals surface area (Å²) in [7, 11) is 1.84. The molecule has 0 spiro atoms. The maximum Gasteiger partial charge on any atom is 0.233 e. The van der Waals surface area contributed by atoms with Gasteiger partial charge in [-0.1, -0.05) is 55.8 Å². The van der Waals surface area contributed by atoms with Gasteiger partial charge in [0.25, 0.3) is 0 Å². The van der Waals surface area contributed by atoms with E-state index >= 15 is 0 Å². The van der Waals surface area contributed by atoms with Crippen LogP contribution in [0.4, 0.5) is 0 Å². The van der Waals surface area contributed by atoms with Crippen LogP contribution in [0, 0.1) is 0 Å². The fourth-order valence-electron chi connectivity index (χ4n) is 3.14. The van der Waals surface area contributed by atoms with Gasteiger partial charge < -0.3 is 4.90 Å². The van der Waals surface area contributed by atoms with Gasteiger partial charge in [-0.2, -0.15) is 0 Å². The number of benzene rings is 1. The van der Waals surface area contributed by atoms with Crippen LogP contribution in [0.1, 0.15) is 49.8 Å². The molecule has 134 valence electrons. The van der Waals surface area contributed by atoms with Crippen molar-refractivity contribution in [2.24, 2.45) is 0 Å². The fourth-order valence-corrected chi connectivity index (χ4v) is 4.02. The molecule has 25 heavy (non-hydrogen) atoms. The molecule has 0 radical (unpaired) electrons. The van der Waals surface area contributed by atoms with Gasteiger partial charge in [0, 0.05) is 13.6 Å². The minimum Gasteiger partial charge on any atom is -0.341 e. The summed E-state index contributed by atoms with van der Waals surface area (Å²) in [5.41, 5.74) is 2.46. The van der Waals surface area contributed by atoms with Crippen molar-refractivity contribution >= 4 is 17.7 Å². The largest absolute Gasteiger partial charge is 0.341 e. The summed E-state index contributed by atoms with van der Waals surface area (Å²) >= 11 is 1.43. The molecule has 0 unspecified atom stereocenters. The Bertz CT molecular complexity index is 694. The number of aromatic nitrogens is 4. The topological polar surface area (TPSA) is 63.9 Å². The van der Waals surface area contributed by atoms with Crippen LogP contribution in [0.3, 0.4) is 0 Å². The second-order valence-electron chi connectivity index (χ2n) is 6.55. The maximum atomic E-state index is 12.4. The molecule has 0 bridgehead atoms. The van der Waals surface area contributed by atoms with E-state index in [0.29, 0.717) is 18.3 Å². The van der Waals surface area contributed by atoms with Crippen LogP contribution in [0.15, 0.2) is 29.4 Å². The van der Waals surface area contributed by atoms with E-state index in [-0.39, 0.29) is 5.91 Å². The van der Waals surface area contributed by atoms with Crippen LogP contribution >= 0.6 is 11.8 Å². The highest BCUT2D eigenvalue weighted by Gasteiger charge is 2.22. The number of rotatable bonds is 7. The Morgan fingerprint density at radius 1 is 1.24 bits per heavy atom. The third kappa shape index (κ3) is 4.60. The van der Waals surface area contributed by atoms with Crippen LogP contribution in [0.5, 0.6) is 0 Å². The summed E-state index contributed by atoms with van der Waals surface area (Å²) in [5, 5.41) is 12.7. The number of nitrogens with zero attached hydrogens (tertiary/aromatic N) is 5. The van der Waals surface area contributed by atoms with Gasteiger partial charge in [-0.25, -0.2) is 4.68 Å². The zero-order valence-corrected chi connectivity index (χ0v) is 15.7. The number of hydrogen-bond donors (Lipinski definition) is 0. The Morgan fingerprint density at radius 3 is 2.60 bits per heavy atom. The molecule has 0 saturated heterocycles. The first-order chi connectivity index (χ1) is 12.2. The molecule has 1 aromatic carbocycles. The molecule has 0 aliphatic heterocycles. The molecule has 0 N–H and O–H groups in total. The summed E-state index contributed by atoms with van der Waals surface area (Å²) in [6, 6.07) is 8.82. The standard InChI is InChI=1S/C18H25N5OS/c1-3-14-8-10-15(11-9-14)12-22(2)17(24)13-25-18-19-20-21-23(18)16-6-4-5-7-16/h8-11,16H,3-7,12-13H2,1-2H3. The van der Waals surface area contributed by atoms with Crippen LogP contribution in [0.2, 0.25) is 0 Å². The maximum absolute atomic E-state index is 12.4. The quantitative estimate of drug-likeness (QED) is 0.711. The minimum absolute atomic E-state index is 0.0885. The molecular formula is C18H25N5OS. The lowest BCUT2D eigenvalue weighted by atomic mass is 10.1. The van der Waals surface area contributed by atoms with Crippen LogP contribution in [0.25, 0.3) is 0 Å². The van der Waals surface area contributed by atoms with E-state index in [1.807, 2.05) is 11.7 Å². The van der Waals surface area contributed by atoms with E-state index in [0.717, 1.165) is 30.0 Å². The van der Waals surface area contributed by atoms with E-state index in [4.69, 9.17) is 0 Å². The van der Waals surface area contributed by atoms with Crippen LogP contribution in [-0.4, -0.2) is 43.8 Å². The summed E-state index contributed by atoms with van der Waals surface area (Å²) in [5.74, 6) is 0.446. The SMILES string of the molecule is CCc1ccc(CN(C)C(=O)CSc2nnnn2C2CCCC2)cc1. The lowest BCUT2D eigenvalue weighted by Gasteiger charge is -2.17. The molecule has 7 heteroatoms. The molecule has 1 aromatic heterocycles. The van der Waals surface area contributed by atoms with Crippen molar-refractivity contribution in [3.8, 4) is 0 Å². The second-order valence-corrected chi connectivity index (χ2v) is 7.50. The Labute approximate surface area is 153 Å². The molecule has 3 rings (SSSR count). The van der Waals surface area contributed by atoms with E-state index in [1.165, 1.54) is 30.2 Å². The first-order valence-corrected chi connectivity index (χ1v) is 9.88. The highest BCUT2D eigenvalue weighted by atomic mass is 32.2. The number of hydrogen-bond acceptors (Lipinski definition) is 5. The monoisotopic (exact) mass is 359 g/mol. The molecule has 1 heterocycles. The molecule has 0 atom stereocenters. The number of carbonyl (C=O) groups is 1. The van der Waals surface area contributed by atoms with Crippen molar-refractivity contribution in [2.75, 3.05) is 12.8 Å². The van der Waals surface area contributed by atoms with Gasteiger partial charge in [-0.15, -0.1) is 5.10 Å². The molecule has 1 saturated carbocycles. The molecule has 6 nitrogen and oxygen atoms in total. The normalized spacial score (nSPS) is 14.8. The van der Waals surface area contributed by atoms with Gasteiger partial charge >= 0.3 is 0 Å². The minimum atomic E-state index is 0.0885. The Balaban J connectivity index is 1.52. The summed E-state index contributed by atoms with van der Waals surface area (Å²) in [6.07, 6.45) is 5.74. The zero-order chi connectivity index (χ0) is 17.6. The van der Waals surface area contributed by atoms with Gasteiger partial charge in [0.15, 0.2) is 0 Å². The first kappa shape index (κ1) is 17.9. The van der Waals surface area contributed by atoms with Crippen molar-refractivity contribution in [2.45, 2.75) is 56.8 Å². The van der Waals surface area contributed by atoms with Crippen LogP contribution in [-0.2, 0) is 17.8 Å². The molecule has 1 fully saturated rings. The fraction of sp³-hybridized carbons (Fsp3) is 0.556. The van der Waals surface area contributed by atoms with E-state index in [1.54, 1.807) is 4.90 Å². The summed E-state index contributed by atoms with van der Waals surface area (Å²) < 4.78 is 1.90. The molecule has 1 amide bonds. The van der Waals surface area contributed by atoms with E-state index in [2.05, 4.69) is 46.7 Å². The second kappa shape index (κ2) is 8.47. The number of tetrazole rings is 1. The third-order valence-corrected chi connectivity index (χ3v) is 5.65. The van der Waals surface area contributed by atoms with Crippen molar-refractivity contribution in [1.82, 2.24) is 25.1 Å². The third-order valence-electron chi connectivity index (χ3n) is 4.73. The molecule has 1 aliphatic carbocycles. The van der Waals surface area contributed by atoms with Crippen molar-refractivity contribution in [3.05, 3.63) is 35.4 Å². The number of amides is 1. The molecule has 1 aliphatic rings. The number of thioether (sulfide) groups is 1. The average molecular weight is 359 g/mol. The van der Waals surface area contributed by atoms with Crippen molar-refractivity contribution < 1.29 is 4.79 Å². The zero-order valence-electron chi connectivity index (χ0n) is 14.9. The molecular weight excluding hydrogens is 334 g/mol. The van der Waals surface area contributed by atoms with Crippen molar-refractivity contribution in [3.63, 3.8) is 0 Å².